The van der Waals surface area contributed by atoms with Gasteiger partial charge in [-0.2, -0.15) is 0 Å². The topological polar surface area (TPSA) is 46.2 Å². The minimum absolute atomic E-state index is 0.342. The maximum atomic E-state index is 7.49. The summed E-state index contributed by atoms with van der Waals surface area (Å²) in [6, 6.07) is 0. The largest absolute Gasteiger partial charge is 0.464 e. The molecular formula is C31H31NO2. The predicted octanol–water partition coefficient (Wildman–Crippen LogP) is 6.01. The van der Waals surface area contributed by atoms with Crippen LogP contribution in [0.2, 0.25) is 0 Å². The molecule has 6 aliphatic rings. The Kier molecular flexibility index (Phi) is 4.78. The summed E-state index contributed by atoms with van der Waals surface area (Å²) in [5.74, 6) is 3.92. The van der Waals surface area contributed by atoms with Gasteiger partial charge in [-0.3, -0.25) is 0 Å². The predicted molar refractivity (Wildman–Crippen MR) is 136 cm³/mol. The van der Waals surface area contributed by atoms with Crippen LogP contribution in [-0.2, 0) is 17.6 Å². The first-order chi connectivity index (χ1) is 16.8. The lowest BCUT2D eigenvalue weighted by Gasteiger charge is -2.24. The van der Waals surface area contributed by atoms with Crippen molar-refractivity contribution < 1.29 is 9.15 Å². The van der Waals surface area contributed by atoms with Crippen LogP contribution in [0.3, 0.4) is 0 Å². The number of fused-ring (bicyclic) bond motifs is 5. The summed E-state index contributed by atoms with van der Waals surface area (Å²) in [6.07, 6.45) is 27.1. The molecule has 1 atom stereocenters. The van der Waals surface area contributed by atoms with Crippen LogP contribution >= 0.6 is 0 Å². The second-order valence-corrected chi connectivity index (χ2v) is 10.4. The summed E-state index contributed by atoms with van der Waals surface area (Å²) in [7, 11) is 0. The van der Waals surface area contributed by atoms with Crippen LogP contribution in [0.15, 0.2) is 74.5 Å². The average molecular weight is 450 g/mol. The zero-order valence-corrected chi connectivity index (χ0v) is 19.7. The van der Waals surface area contributed by atoms with Crippen molar-refractivity contribution in [2.45, 2.75) is 70.6 Å². The Morgan fingerprint density at radius 3 is 2.44 bits per heavy atom. The molecule has 1 aromatic heterocycles. The Balaban J connectivity index is 1.34. The smallest absolute Gasteiger partial charge is 0.141 e. The number of ether oxygens (including phenoxy) is 1. The number of hydrogen-bond acceptors (Lipinski definition) is 3. The third-order valence-electron chi connectivity index (χ3n) is 8.50. The number of nitrogens with one attached hydrogen (secondary N) is 1. The Bertz CT molecular complexity index is 1420. The highest BCUT2D eigenvalue weighted by Crippen LogP contribution is 2.46. The van der Waals surface area contributed by atoms with Gasteiger partial charge in [-0.1, -0.05) is 36.5 Å². The first-order valence-corrected chi connectivity index (χ1v) is 13.1. The van der Waals surface area contributed by atoms with Gasteiger partial charge in [0.1, 0.15) is 22.7 Å². The van der Waals surface area contributed by atoms with E-state index >= 15 is 0 Å². The monoisotopic (exact) mass is 449 g/mol. The molecule has 1 N–H and O–H groups in total. The molecule has 0 fully saturated rings. The van der Waals surface area contributed by atoms with Gasteiger partial charge in [0.25, 0.3) is 0 Å². The number of hydrogen-bond donors (Lipinski definition) is 1. The molecule has 1 aromatic rings. The van der Waals surface area contributed by atoms with E-state index in [-0.39, 0.29) is 0 Å². The van der Waals surface area contributed by atoms with E-state index in [0.717, 1.165) is 68.8 Å². The van der Waals surface area contributed by atoms with E-state index in [1.54, 1.807) is 0 Å². The van der Waals surface area contributed by atoms with Crippen molar-refractivity contribution >= 4 is 17.5 Å². The van der Waals surface area contributed by atoms with Gasteiger partial charge in [0.05, 0.1) is 11.1 Å². The Morgan fingerprint density at radius 2 is 1.65 bits per heavy atom. The minimum atomic E-state index is 0.342. The highest BCUT2D eigenvalue weighted by molar-refractivity contribution is 5.77. The highest BCUT2D eigenvalue weighted by Gasteiger charge is 2.38. The maximum Gasteiger partial charge on any atom is 0.141 e. The number of allylic oxidation sites excluding steroid dienone is 11. The van der Waals surface area contributed by atoms with Gasteiger partial charge in [-0.05, 0) is 85.7 Å². The molecule has 1 aliphatic heterocycles. The van der Waals surface area contributed by atoms with Crippen LogP contribution in [-0.4, -0.2) is 6.21 Å². The fourth-order valence-electron chi connectivity index (χ4n) is 6.67. The van der Waals surface area contributed by atoms with Crippen LogP contribution in [0, 0.1) is 11.3 Å². The molecule has 172 valence electrons. The van der Waals surface area contributed by atoms with Crippen LogP contribution in [0.5, 0.6) is 0 Å². The summed E-state index contributed by atoms with van der Waals surface area (Å²) in [6.45, 7) is 0. The molecule has 2 heterocycles. The fourth-order valence-corrected chi connectivity index (χ4v) is 6.67. The first-order valence-electron chi connectivity index (χ1n) is 13.1. The van der Waals surface area contributed by atoms with Crippen molar-refractivity contribution in [2.75, 3.05) is 0 Å². The molecule has 0 amide bonds. The summed E-state index contributed by atoms with van der Waals surface area (Å²) >= 11 is 0. The molecule has 0 saturated carbocycles. The molecular weight excluding hydrogens is 418 g/mol. The third-order valence-corrected chi connectivity index (χ3v) is 8.50. The van der Waals surface area contributed by atoms with Crippen molar-refractivity contribution in [1.82, 2.24) is 0 Å². The van der Waals surface area contributed by atoms with Crippen LogP contribution in [0.25, 0.3) is 11.3 Å². The SMILES string of the molecule is N=CC1=CC=C(C2=CC=C(C3=c4oc5c(c4=C4OC6=C(C=CCC6)C4C3)CCCC5)CC2)CC1. The summed E-state index contributed by atoms with van der Waals surface area (Å²) in [5, 5.41) is 8.79. The van der Waals surface area contributed by atoms with E-state index in [4.69, 9.17) is 14.6 Å². The number of aryl methyl sites for hydroxylation is 1. The zero-order valence-electron chi connectivity index (χ0n) is 19.7. The van der Waals surface area contributed by atoms with Crippen molar-refractivity contribution in [2.24, 2.45) is 5.92 Å². The molecule has 3 nitrogen and oxygen atoms in total. The van der Waals surface area contributed by atoms with Gasteiger partial charge >= 0.3 is 0 Å². The molecule has 0 spiro atoms. The van der Waals surface area contributed by atoms with Gasteiger partial charge < -0.3 is 14.6 Å². The molecule has 0 aromatic carbocycles. The molecule has 0 bridgehead atoms. The van der Waals surface area contributed by atoms with Gasteiger partial charge in [-0.15, -0.1) is 0 Å². The summed E-state index contributed by atoms with van der Waals surface area (Å²) < 4.78 is 13.2. The Labute approximate surface area is 200 Å². The number of furan rings is 1. The zero-order chi connectivity index (χ0) is 22.6. The quantitative estimate of drug-likeness (QED) is 0.574. The second kappa shape index (κ2) is 8.01. The van der Waals surface area contributed by atoms with E-state index in [2.05, 4.69) is 36.5 Å². The van der Waals surface area contributed by atoms with Crippen molar-refractivity contribution in [3.63, 3.8) is 0 Å². The fraction of sp³-hybridized carbons (Fsp3) is 0.387. The lowest BCUT2D eigenvalue weighted by molar-refractivity contribution is 0.357. The van der Waals surface area contributed by atoms with Gasteiger partial charge in [0, 0.05) is 30.2 Å². The maximum absolute atomic E-state index is 7.49. The lowest BCUT2D eigenvalue weighted by atomic mass is 9.79. The third kappa shape index (κ3) is 3.13. The number of rotatable bonds is 3. The standard InChI is InChI=1S/C31H31NO2/c32-18-19-9-11-20(12-10-19)21-13-15-22(16-14-21)25-17-26-23-5-1-3-7-27(23)33-31(26)29-24-6-2-4-8-28(24)34-30(25)29/h1,5,9,11,13,15,18,26,32H,2-4,6-8,10,12,14,16-17H2. The van der Waals surface area contributed by atoms with E-state index in [9.17, 15) is 0 Å². The van der Waals surface area contributed by atoms with Crippen molar-refractivity contribution in [1.29, 1.82) is 5.41 Å². The minimum Gasteiger partial charge on any atom is -0.464 e. The molecule has 5 aliphatic carbocycles. The Morgan fingerprint density at radius 1 is 0.853 bits per heavy atom. The molecule has 34 heavy (non-hydrogen) atoms. The van der Waals surface area contributed by atoms with E-state index in [1.165, 1.54) is 75.0 Å². The van der Waals surface area contributed by atoms with E-state index < -0.39 is 0 Å². The van der Waals surface area contributed by atoms with Crippen molar-refractivity contribution in [3.05, 3.63) is 92.0 Å². The molecule has 7 rings (SSSR count). The molecule has 0 radical (unpaired) electrons. The van der Waals surface area contributed by atoms with Gasteiger partial charge in [0.15, 0.2) is 0 Å². The van der Waals surface area contributed by atoms with Crippen molar-refractivity contribution in [3.8, 4) is 0 Å². The lowest BCUT2D eigenvalue weighted by Crippen LogP contribution is -2.35. The van der Waals surface area contributed by atoms with Gasteiger partial charge in [-0.25, -0.2) is 0 Å². The van der Waals surface area contributed by atoms with Crippen LogP contribution < -0.4 is 10.6 Å². The molecule has 3 heteroatoms. The van der Waals surface area contributed by atoms with Crippen LogP contribution in [0.1, 0.15) is 69.1 Å². The second-order valence-electron chi connectivity index (χ2n) is 10.4. The van der Waals surface area contributed by atoms with E-state index in [1.807, 2.05) is 0 Å². The summed E-state index contributed by atoms with van der Waals surface area (Å²) in [4.78, 5) is 0. The van der Waals surface area contributed by atoms with E-state index in [0.29, 0.717) is 5.92 Å². The van der Waals surface area contributed by atoms with Crippen LogP contribution in [0.4, 0.5) is 0 Å². The normalized spacial score (nSPS) is 25.4. The molecule has 0 saturated heterocycles. The average Bonchev–Trinajstić information content (AvgIpc) is 3.47. The Hall–Kier alpha value is -3.07. The summed E-state index contributed by atoms with van der Waals surface area (Å²) in [5.41, 5.74) is 10.8. The first kappa shape index (κ1) is 20.3. The highest BCUT2D eigenvalue weighted by atomic mass is 16.5. The van der Waals surface area contributed by atoms with Gasteiger partial charge in [0.2, 0.25) is 0 Å². The molecule has 1 unspecified atom stereocenters.